The largest absolute Gasteiger partial charge is 0.314 e. The van der Waals surface area contributed by atoms with Crippen molar-refractivity contribution in [2.75, 3.05) is 12.3 Å². The zero-order chi connectivity index (χ0) is 10.0. The van der Waals surface area contributed by atoms with Gasteiger partial charge in [-0.2, -0.15) is 0 Å². The lowest BCUT2D eigenvalue weighted by atomic mass is 9.94. The van der Waals surface area contributed by atoms with Crippen LogP contribution in [-0.4, -0.2) is 32.8 Å². The first kappa shape index (κ1) is 10.4. The number of hydrogen-bond donors (Lipinski definition) is 2. The summed E-state index contributed by atoms with van der Waals surface area (Å²) in [6.07, 6.45) is 5.07. The molecule has 1 unspecified atom stereocenters. The van der Waals surface area contributed by atoms with Crippen LogP contribution in [0.2, 0.25) is 0 Å². The molecule has 2 N–H and O–H groups in total. The van der Waals surface area contributed by atoms with Gasteiger partial charge in [-0.05, 0) is 32.2 Å². The van der Waals surface area contributed by atoms with Gasteiger partial charge in [-0.3, -0.25) is 0 Å². The molecule has 1 saturated heterocycles. The van der Waals surface area contributed by atoms with Crippen molar-refractivity contribution in [2.24, 2.45) is 0 Å². The fourth-order valence-electron chi connectivity index (χ4n) is 1.73. The van der Waals surface area contributed by atoms with Gasteiger partial charge in [-0.15, -0.1) is 0 Å². The van der Waals surface area contributed by atoms with E-state index in [-0.39, 0.29) is 11.8 Å². The molecule has 2 fully saturated rings. The van der Waals surface area contributed by atoms with E-state index in [2.05, 4.69) is 10.0 Å². The van der Waals surface area contributed by atoms with Crippen molar-refractivity contribution in [3.63, 3.8) is 0 Å². The highest BCUT2D eigenvalue weighted by molar-refractivity contribution is 7.89. The minimum absolute atomic E-state index is 0.231. The second-order valence-electron chi connectivity index (χ2n) is 4.29. The van der Waals surface area contributed by atoms with Crippen LogP contribution in [0, 0.1) is 0 Å². The molecule has 0 spiro atoms. The molecule has 0 aromatic heterocycles. The topological polar surface area (TPSA) is 58.2 Å². The maximum atomic E-state index is 11.5. The van der Waals surface area contributed by atoms with Gasteiger partial charge in [-0.25, -0.2) is 13.1 Å². The van der Waals surface area contributed by atoms with Gasteiger partial charge in [0.05, 0.1) is 5.75 Å². The molecule has 0 aromatic rings. The first-order valence-electron chi connectivity index (χ1n) is 5.39. The van der Waals surface area contributed by atoms with Gasteiger partial charge in [0.25, 0.3) is 0 Å². The van der Waals surface area contributed by atoms with Crippen LogP contribution in [0.1, 0.15) is 32.1 Å². The standard InChI is InChI=1S/C9H18N2O2S/c12-14(13,11-9-2-1-3-9)7-5-8-4-6-10-8/h8-11H,1-7H2. The van der Waals surface area contributed by atoms with Crippen LogP contribution in [0.4, 0.5) is 0 Å². The smallest absolute Gasteiger partial charge is 0.211 e. The van der Waals surface area contributed by atoms with Gasteiger partial charge in [0, 0.05) is 12.1 Å². The summed E-state index contributed by atoms with van der Waals surface area (Å²) < 4.78 is 25.8. The van der Waals surface area contributed by atoms with Crippen molar-refractivity contribution in [3.05, 3.63) is 0 Å². The van der Waals surface area contributed by atoms with Gasteiger partial charge >= 0.3 is 0 Å². The summed E-state index contributed by atoms with van der Waals surface area (Å²) in [5, 5.41) is 3.21. The minimum atomic E-state index is -3.00. The Balaban J connectivity index is 1.70. The van der Waals surface area contributed by atoms with Crippen molar-refractivity contribution in [1.29, 1.82) is 0 Å². The maximum absolute atomic E-state index is 11.5. The SMILES string of the molecule is O=S(=O)(CCC1CCN1)NC1CCC1. The van der Waals surface area contributed by atoms with E-state index in [1.165, 1.54) is 0 Å². The normalized spacial score (nSPS) is 28.1. The molecular weight excluding hydrogens is 200 g/mol. The zero-order valence-electron chi connectivity index (χ0n) is 8.33. The molecule has 1 aliphatic heterocycles. The van der Waals surface area contributed by atoms with E-state index in [1.807, 2.05) is 0 Å². The van der Waals surface area contributed by atoms with Crippen molar-refractivity contribution in [1.82, 2.24) is 10.0 Å². The average molecular weight is 218 g/mol. The molecule has 0 radical (unpaired) electrons. The molecule has 5 heteroatoms. The lowest BCUT2D eigenvalue weighted by Crippen LogP contribution is -2.46. The highest BCUT2D eigenvalue weighted by Crippen LogP contribution is 2.19. The minimum Gasteiger partial charge on any atom is -0.314 e. The predicted molar refractivity (Wildman–Crippen MR) is 55.6 cm³/mol. The summed E-state index contributed by atoms with van der Waals surface area (Å²) in [7, 11) is -3.00. The van der Waals surface area contributed by atoms with Gasteiger partial charge in [0.15, 0.2) is 0 Å². The van der Waals surface area contributed by atoms with Gasteiger partial charge < -0.3 is 5.32 Å². The lowest BCUT2D eigenvalue weighted by molar-refractivity contribution is 0.358. The van der Waals surface area contributed by atoms with Crippen LogP contribution in [-0.2, 0) is 10.0 Å². The van der Waals surface area contributed by atoms with Crippen LogP contribution < -0.4 is 10.0 Å². The van der Waals surface area contributed by atoms with E-state index in [0.29, 0.717) is 6.04 Å². The van der Waals surface area contributed by atoms with Gasteiger partial charge in [0.1, 0.15) is 0 Å². The van der Waals surface area contributed by atoms with E-state index < -0.39 is 10.0 Å². The monoisotopic (exact) mass is 218 g/mol. The fraction of sp³-hybridized carbons (Fsp3) is 1.00. The Morgan fingerprint density at radius 1 is 1.29 bits per heavy atom. The fourth-order valence-corrected chi connectivity index (χ4v) is 3.19. The molecular formula is C9H18N2O2S. The summed E-state index contributed by atoms with van der Waals surface area (Å²) in [6, 6.07) is 0.669. The molecule has 1 aliphatic carbocycles. The van der Waals surface area contributed by atoms with Crippen LogP contribution in [0.15, 0.2) is 0 Å². The number of hydrogen-bond acceptors (Lipinski definition) is 3. The maximum Gasteiger partial charge on any atom is 0.211 e. The Labute approximate surface area is 85.5 Å². The number of nitrogens with one attached hydrogen (secondary N) is 2. The Morgan fingerprint density at radius 2 is 2.00 bits per heavy atom. The van der Waals surface area contributed by atoms with Gasteiger partial charge in [-0.1, -0.05) is 6.42 Å². The zero-order valence-corrected chi connectivity index (χ0v) is 9.15. The third kappa shape index (κ3) is 2.68. The van der Waals surface area contributed by atoms with Crippen molar-refractivity contribution >= 4 is 10.0 Å². The molecule has 2 rings (SSSR count). The Kier molecular flexibility index (Phi) is 3.09. The van der Waals surface area contributed by atoms with E-state index in [0.717, 1.165) is 38.6 Å². The van der Waals surface area contributed by atoms with Crippen molar-refractivity contribution < 1.29 is 8.42 Å². The molecule has 1 heterocycles. The highest BCUT2D eigenvalue weighted by atomic mass is 32.2. The molecule has 1 atom stereocenters. The van der Waals surface area contributed by atoms with Crippen LogP contribution in [0.5, 0.6) is 0 Å². The molecule has 0 bridgehead atoms. The third-order valence-corrected chi connectivity index (χ3v) is 4.58. The highest BCUT2D eigenvalue weighted by Gasteiger charge is 2.25. The van der Waals surface area contributed by atoms with Crippen molar-refractivity contribution in [3.8, 4) is 0 Å². The molecule has 0 amide bonds. The summed E-state index contributed by atoms with van der Waals surface area (Å²) >= 11 is 0. The molecule has 14 heavy (non-hydrogen) atoms. The van der Waals surface area contributed by atoms with E-state index in [9.17, 15) is 8.42 Å². The Morgan fingerprint density at radius 3 is 2.43 bits per heavy atom. The van der Waals surface area contributed by atoms with Crippen molar-refractivity contribution in [2.45, 2.75) is 44.2 Å². The summed E-state index contributed by atoms with van der Waals surface area (Å²) in [5.74, 6) is 0.279. The van der Waals surface area contributed by atoms with Crippen LogP contribution >= 0.6 is 0 Å². The van der Waals surface area contributed by atoms with Gasteiger partial charge in [0.2, 0.25) is 10.0 Å². The molecule has 1 saturated carbocycles. The third-order valence-electron chi connectivity index (χ3n) is 3.11. The molecule has 4 nitrogen and oxygen atoms in total. The summed E-state index contributed by atoms with van der Waals surface area (Å²) in [4.78, 5) is 0. The average Bonchev–Trinajstić information content (AvgIpc) is 1.94. The quantitative estimate of drug-likeness (QED) is 0.693. The number of sulfonamides is 1. The molecule has 2 aliphatic rings. The summed E-state index contributed by atoms with van der Waals surface area (Å²) in [5.41, 5.74) is 0. The Bertz CT molecular complexity index is 281. The predicted octanol–water partition coefficient (Wildman–Crippen LogP) is 0.210. The number of rotatable bonds is 5. The second-order valence-corrected chi connectivity index (χ2v) is 6.17. The van der Waals surface area contributed by atoms with E-state index in [4.69, 9.17) is 0 Å². The van der Waals surface area contributed by atoms with E-state index >= 15 is 0 Å². The second kappa shape index (κ2) is 4.16. The van der Waals surface area contributed by atoms with Crippen LogP contribution in [0.3, 0.4) is 0 Å². The Hall–Kier alpha value is -0.130. The lowest BCUT2D eigenvalue weighted by Gasteiger charge is -2.29. The first-order chi connectivity index (χ1) is 6.66. The molecule has 0 aromatic carbocycles. The molecule has 82 valence electrons. The van der Waals surface area contributed by atoms with Crippen LogP contribution in [0.25, 0.3) is 0 Å². The summed E-state index contributed by atoms with van der Waals surface area (Å²) in [6.45, 7) is 1.04. The first-order valence-corrected chi connectivity index (χ1v) is 7.04. The van der Waals surface area contributed by atoms with E-state index in [1.54, 1.807) is 0 Å².